The van der Waals surface area contributed by atoms with Crippen molar-refractivity contribution in [1.29, 1.82) is 0 Å². The molecule has 0 aromatic heterocycles. The Hall–Kier alpha value is 0.0700. The van der Waals surface area contributed by atoms with E-state index in [1.54, 1.807) is 6.26 Å². The Morgan fingerprint density at radius 3 is 2.82 bits per heavy atom. The number of hydrogen-bond donors (Lipinski definition) is 1. The fourth-order valence-corrected chi connectivity index (χ4v) is 2.82. The van der Waals surface area contributed by atoms with Crippen LogP contribution in [0.2, 0.25) is 0 Å². The van der Waals surface area contributed by atoms with Crippen molar-refractivity contribution in [3.8, 4) is 0 Å². The lowest BCUT2D eigenvalue weighted by Gasteiger charge is -2.32. The Labute approximate surface area is 109 Å². The molecule has 0 aliphatic carbocycles. The molecule has 1 aliphatic rings. The quantitative estimate of drug-likeness (QED) is 0.706. The molecule has 3 unspecified atom stereocenters. The van der Waals surface area contributed by atoms with Gasteiger partial charge < -0.3 is 10.2 Å². The van der Waals surface area contributed by atoms with Crippen molar-refractivity contribution in [2.45, 2.75) is 50.3 Å². The van der Waals surface area contributed by atoms with E-state index in [1.807, 2.05) is 0 Å². The number of nitrogens with one attached hydrogen (secondary N) is 1. The summed E-state index contributed by atoms with van der Waals surface area (Å²) in [5.41, 5.74) is 0. The molecule has 0 saturated carbocycles. The average Bonchev–Trinajstić information content (AvgIpc) is 2.30. The van der Waals surface area contributed by atoms with Crippen molar-refractivity contribution in [3.63, 3.8) is 0 Å². The van der Waals surface area contributed by atoms with Gasteiger partial charge in [-0.25, -0.2) is 0 Å². The van der Waals surface area contributed by atoms with Gasteiger partial charge in [-0.3, -0.25) is 4.21 Å². The van der Waals surface area contributed by atoms with Gasteiger partial charge in [0.2, 0.25) is 0 Å². The topological polar surface area (TPSA) is 32.3 Å². The Bertz CT molecular complexity index is 235. The third-order valence-electron chi connectivity index (χ3n) is 3.87. The van der Waals surface area contributed by atoms with E-state index in [0.29, 0.717) is 5.25 Å². The van der Waals surface area contributed by atoms with Crippen LogP contribution in [0.25, 0.3) is 0 Å². The monoisotopic (exact) mass is 260 g/mol. The Kier molecular flexibility index (Phi) is 7.32. The lowest BCUT2D eigenvalue weighted by Crippen LogP contribution is -2.38. The summed E-state index contributed by atoms with van der Waals surface area (Å²) in [7, 11) is 1.57. The molecule has 102 valence electrons. The minimum Gasteiger partial charge on any atom is -0.317 e. The number of nitrogens with zero attached hydrogens (tertiary/aromatic N) is 1. The maximum absolute atomic E-state index is 11.2. The number of rotatable bonds is 7. The zero-order valence-corrected chi connectivity index (χ0v) is 12.4. The maximum atomic E-state index is 11.2. The van der Waals surface area contributed by atoms with Crippen LogP contribution in [-0.4, -0.2) is 53.3 Å². The highest BCUT2D eigenvalue weighted by Gasteiger charge is 2.17. The molecule has 0 aromatic carbocycles. The first-order chi connectivity index (χ1) is 8.11. The van der Waals surface area contributed by atoms with Crippen LogP contribution in [0.15, 0.2) is 0 Å². The van der Waals surface area contributed by atoms with Crippen LogP contribution in [0.5, 0.6) is 0 Å². The lowest BCUT2D eigenvalue weighted by molar-refractivity contribution is 0.175. The molecule has 0 amide bonds. The van der Waals surface area contributed by atoms with E-state index in [0.717, 1.165) is 25.6 Å². The molecule has 1 rings (SSSR count). The van der Waals surface area contributed by atoms with Crippen LogP contribution in [0.4, 0.5) is 0 Å². The third kappa shape index (κ3) is 5.98. The molecular formula is C13H28N2OS. The summed E-state index contributed by atoms with van der Waals surface area (Å²) in [6.45, 7) is 5.42. The largest absolute Gasteiger partial charge is 0.317 e. The average molecular weight is 260 g/mol. The van der Waals surface area contributed by atoms with Crippen LogP contribution >= 0.6 is 0 Å². The Morgan fingerprint density at radius 2 is 2.18 bits per heavy atom. The summed E-state index contributed by atoms with van der Waals surface area (Å²) in [5.74, 6) is 0. The van der Waals surface area contributed by atoms with Gasteiger partial charge in [-0.05, 0) is 52.4 Å². The second kappa shape index (κ2) is 8.22. The summed E-state index contributed by atoms with van der Waals surface area (Å²) in [4.78, 5) is 2.49. The molecule has 3 atom stereocenters. The molecular weight excluding hydrogens is 232 g/mol. The highest BCUT2D eigenvalue weighted by Crippen LogP contribution is 2.16. The summed E-state index contributed by atoms with van der Waals surface area (Å²) < 4.78 is 11.2. The minimum absolute atomic E-state index is 0.319. The standard InChI is InChI=1S/C13H28N2OS/c1-12(17(3)16)7-9-14-10-8-13-6-4-5-11-15(13)2/h12-14H,4-11H2,1-3H3. The molecule has 1 saturated heterocycles. The van der Waals surface area contributed by atoms with Crippen LogP contribution < -0.4 is 5.32 Å². The summed E-state index contributed by atoms with van der Waals surface area (Å²) in [5, 5.41) is 3.80. The second-order valence-electron chi connectivity index (χ2n) is 5.27. The van der Waals surface area contributed by atoms with Crippen molar-refractivity contribution in [2.75, 3.05) is 32.9 Å². The second-order valence-corrected chi connectivity index (χ2v) is 7.07. The van der Waals surface area contributed by atoms with Crippen LogP contribution in [-0.2, 0) is 10.8 Å². The molecule has 17 heavy (non-hydrogen) atoms. The molecule has 0 spiro atoms. The third-order valence-corrected chi connectivity index (χ3v) is 5.24. The van der Waals surface area contributed by atoms with Crippen LogP contribution in [0.3, 0.4) is 0 Å². The number of likely N-dealkylation sites (tertiary alicyclic amines) is 1. The van der Waals surface area contributed by atoms with Gasteiger partial charge in [0.1, 0.15) is 0 Å². The molecule has 1 N–H and O–H groups in total. The SMILES string of the molecule is CC(CCNCCC1CCCCN1C)S(C)=O. The minimum atomic E-state index is -0.674. The van der Waals surface area contributed by atoms with Gasteiger partial charge in [0.25, 0.3) is 0 Å². The Morgan fingerprint density at radius 1 is 1.41 bits per heavy atom. The molecule has 0 bridgehead atoms. The zero-order chi connectivity index (χ0) is 12.7. The van der Waals surface area contributed by atoms with Gasteiger partial charge in [-0.1, -0.05) is 13.3 Å². The predicted octanol–water partition coefficient (Wildman–Crippen LogP) is 1.61. The molecule has 1 aliphatic heterocycles. The fraction of sp³-hybridized carbons (Fsp3) is 1.00. The highest BCUT2D eigenvalue weighted by atomic mass is 32.2. The summed E-state index contributed by atoms with van der Waals surface area (Å²) >= 11 is 0. The highest BCUT2D eigenvalue weighted by molar-refractivity contribution is 7.84. The summed E-state index contributed by atoms with van der Waals surface area (Å²) in [6.07, 6.45) is 8.17. The predicted molar refractivity (Wildman–Crippen MR) is 75.9 cm³/mol. The zero-order valence-electron chi connectivity index (χ0n) is 11.6. The van der Waals surface area contributed by atoms with Crippen molar-refractivity contribution in [3.05, 3.63) is 0 Å². The lowest BCUT2D eigenvalue weighted by atomic mass is 10.0. The van der Waals surface area contributed by atoms with Gasteiger partial charge in [0, 0.05) is 28.3 Å². The normalized spacial score (nSPS) is 25.7. The first-order valence-electron chi connectivity index (χ1n) is 6.84. The van der Waals surface area contributed by atoms with Gasteiger partial charge in [-0.2, -0.15) is 0 Å². The van der Waals surface area contributed by atoms with Crippen molar-refractivity contribution in [1.82, 2.24) is 10.2 Å². The van der Waals surface area contributed by atoms with E-state index in [4.69, 9.17) is 0 Å². The van der Waals surface area contributed by atoms with E-state index in [1.165, 1.54) is 32.2 Å². The maximum Gasteiger partial charge on any atom is 0.0329 e. The van der Waals surface area contributed by atoms with E-state index >= 15 is 0 Å². The van der Waals surface area contributed by atoms with E-state index < -0.39 is 10.8 Å². The van der Waals surface area contributed by atoms with Gasteiger partial charge in [0.15, 0.2) is 0 Å². The molecule has 0 aromatic rings. The Balaban J connectivity index is 2.02. The van der Waals surface area contributed by atoms with E-state index in [9.17, 15) is 4.21 Å². The fourth-order valence-electron chi connectivity index (χ4n) is 2.37. The molecule has 3 nitrogen and oxygen atoms in total. The first-order valence-corrected chi connectivity index (χ1v) is 8.46. The smallest absolute Gasteiger partial charge is 0.0329 e. The molecule has 1 fully saturated rings. The van der Waals surface area contributed by atoms with Crippen molar-refractivity contribution >= 4 is 10.8 Å². The van der Waals surface area contributed by atoms with Gasteiger partial charge >= 0.3 is 0 Å². The van der Waals surface area contributed by atoms with Gasteiger partial charge in [-0.15, -0.1) is 0 Å². The number of hydrogen-bond acceptors (Lipinski definition) is 3. The molecule has 0 radical (unpaired) electrons. The van der Waals surface area contributed by atoms with Crippen LogP contribution in [0.1, 0.15) is 39.0 Å². The molecule has 1 heterocycles. The van der Waals surface area contributed by atoms with Crippen molar-refractivity contribution in [2.24, 2.45) is 0 Å². The van der Waals surface area contributed by atoms with Crippen molar-refractivity contribution < 1.29 is 4.21 Å². The number of piperidine rings is 1. The van der Waals surface area contributed by atoms with E-state index in [-0.39, 0.29) is 0 Å². The van der Waals surface area contributed by atoms with Crippen LogP contribution in [0, 0.1) is 0 Å². The van der Waals surface area contributed by atoms with E-state index in [2.05, 4.69) is 24.2 Å². The first kappa shape index (κ1) is 15.1. The summed E-state index contributed by atoms with van der Waals surface area (Å²) in [6, 6.07) is 0.772. The van der Waals surface area contributed by atoms with Gasteiger partial charge in [0.05, 0.1) is 0 Å². The molecule has 4 heteroatoms.